The second kappa shape index (κ2) is 6.06. The van der Waals surface area contributed by atoms with Crippen molar-refractivity contribution in [1.29, 1.82) is 0 Å². The fourth-order valence-corrected chi connectivity index (χ4v) is 3.69. The van der Waals surface area contributed by atoms with Gasteiger partial charge in [0.15, 0.2) is 0 Å². The van der Waals surface area contributed by atoms with E-state index in [-0.39, 0.29) is 0 Å². The van der Waals surface area contributed by atoms with E-state index in [0.717, 1.165) is 12.5 Å². The molecule has 0 spiro atoms. The van der Waals surface area contributed by atoms with Crippen molar-refractivity contribution in [2.75, 3.05) is 0 Å². The van der Waals surface area contributed by atoms with Crippen molar-refractivity contribution >= 4 is 11.3 Å². The summed E-state index contributed by atoms with van der Waals surface area (Å²) in [5.74, 6) is 0.718. The second-order valence-corrected chi connectivity index (χ2v) is 6.89. The highest BCUT2D eigenvalue weighted by molar-refractivity contribution is 7.15. The first-order valence-corrected chi connectivity index (χ1v) is 8.34. The molecule has 1 aromatic carbocycles. The topological polar surface area (TPSA) is 24.9 Å². The van der Waals surface area contributed by atoms with Gasteiger partial charge in [-0.3, -0.25) is 0 Å². The molecule has 2 nitrogen and oxygen atoms in total. The Morgan fingerprint density at radius 2 is 2.00 bits per heavy atom. The van der Waals surface area contributed by atoms with Crippen molar-refractivity contribution in [3.63, 3.8) is 0 Å². The third-order valence-electron chi connectivity index (χ3n) is 3.88. The Balaban J connectivity index is 1.90. The standard InChI is InChI=1S/C17H22N2S/c1-12(2)18-11-15-16(13-7-4-3-5-8-13)20-17(19-15)14-9-6-10-14/h3-5,7-8,12,14,18H,6,9-11H2,1-2H3. The van der Waals surface area contributed by atoms with Gasteiger partial charge < -0.3 is 5.32 Å². The smallest absolute Gasteiger partial charge is 0.0966 e. The molecule has 0 saturated heterocycles. The highest BCUT2D eigenvalue weighted by atomic mass is 32.1. The van der Waals surface area contributed by atoms with E-state index in [2.05, 4.69) is 49.5 Å². The zero-order valence-electron chi connectivity index (χ0n) is 12.2. The van der Waals surface area contributed by atoms with E-state index in [0.29, 0.717) is 6.04 Å². The van der Waals surface area contributed by atoms with Gasteiger partial charge in [-0.1, -0.05) is 50.6 Å². The predicted octanol–water partition coefficient (Wildman–Crippen LogP) is 4.58. The molecule has 1 aliphatic carbocycles. The fourth-order valence-electron chi connectivity index (χ4n) is 2.44. The van der Waals surface area contributed by atoms with Crippen LogP contribution in [0.1, 0.15) is 49.7 Å². The van der Waals surface area contributed by atoms with E-state index in [9.17, 15) is 0 Å². The van der Waals surface area contributed by atoms with Crippen LogP contribution in [0.4, 0.5) is 0 Å². The zero-order valence-corrected chi connectivity index (χ0v) is 13.0. The molecule has 0 radical (unpaired) electrons. The number of rotatable bonds is 5. The van der Waals surface area contributed by atoms with E-state index in [4.69, 9.17) is 4.98 Å². The Bertz CT molecular complexity index is 556. The highest BCUT2D eigenvalue weighted by Gasteiger charge is 2.24. The van der Waals surface area contributed by atoms with Gasteiger partial charge >= 0.3 is 0 Å². The van der Waals surface area contributed by atoms with E-state index in [1.807, 2.05) is 11.3 Å². The Morgan fingerprint density at radius 3 is 2.60 bits per heavy atom. The average Bonchev–Trinajstić information content (AvgIpc) is 2.79. The Hall–Kier alpha value is -1.19. The van der Waals surface area contributed by atoms with Gasteiger partial charge in [0, 0.05) is 18.5 Å². The molecule has 1 heterocycles. The fraction of sp³-hybridized carbons (Fsp3) is 0.471. The molecule has 1 saturated carbocycles. The van der Waals surface area contributed by atoms with Crippen molar-refractivity contribution in [1.82, 2.24) is 10.3 Å². The molecule has 2 aromatic rings. The molecule has 0 aliphatic heterocycles. The summed E-state index contributed by atoms with van der Waals surface area (Å²) in [6.45, 7) is 5.23. The van der Waals surface area contributed by atoms with Crippen molar-refractivity contribution < 1.29 is 0 Å². The second-order valence-electron chi connectivity index (χ2n) is 5.86. The third kappa shape index (κ3) is 2.94. The highest BCUT2D eigenvalue weighted by Crippen LogP contribution is 2.41. The molecule has 1 aromatic heterocycles. The molecule has 3 rings (SSSR count). The summed E-state index contributed by atoms with van der Waals surface area (Å²) in [6.07, 6.45) is 4.00. The summed E-state index contributed by atoms with van der Waals surface area (Å²) in [7, 11) is 0. The zero-order chi connectivity index (χ0) is 13.9. The lowest BCUT2D eigenvalue weighted by Gasteiger charge is -2.22. The van der Waals surface area contributed by atoms with Crippen molar-refractivity contribution in [2.45, 2.75) is 51.6 Å². The van der Waals surface area contributed by atoms with Crippen LogP contribution < -0.4 is 5.32 Å². The van der Waals surface area contributed by atoms with Gasteiger partial charge in [-0.15, -0.1) is 11.3 Å². The lowest BCUT2D eigenvalue weighted by atomic mass is 9.86. The van der Waals surface area contributed by atoms with Crippen LogP contribution in [0.3, 0.4) is 0 Å². The number of aromatic nitrogens is 1. The maximum Gasteiger partial charge on any atom is 0.0966 e. The Labute approximate surface area is 125 Å². The Morgan fingerprint density at radius 1 is 1.25 bits per heavy atom. The average molecular weight is 286 g/mol. The molecular formula is C17H22N2S. The van der Waals surface area contributed by atoms with Crippen LogP contribution in [0.15, 0.2) is 30.3 Å². The number of benzene rings is 1. The van der Waals surface area contributed by atoms with E-state index in [1.165, 1.54) is 40.4 Å². The number of nitrogens with zero attached hydrogens (tertiary/aromatic N) is 1. The van der Waals surface area contributed by atoms with Gasteiger partial charge in [-0.2, -0.15) is 0 Å². The molecule has 1 aliphatic rings. The van der Waals surface area contributed by atoms with Gasteiger partial charge in [0.1, 0.15) is 0 Å². The maximum atomic E-state index is 4.94. The molecule has 20 heavy (non-hydrogen) atoms. The van der Waals surface area contributed by atoms with Gasteiger partial charge in [0.25, 0.3) is 0 Å². The quantitative estimate of drug-likeness (QED) is 0.870. The van der Waals surface area contributed by atoms with E-state index in [1.54, 1.807) is 0 Å². The largest absolute Gasteiger partial charge is 0.309 e. The van der Waals surface area contributed by atoms with Crippen LogP contribution >= 0.6 is 11.3 Å². The lowest BCUT2D eigenvalue weighted by Crippen LogP contribution is -2.22. The number of nitrogens with one attached hydrogen (secondary N) is 1. The molecule has 1 N–H and O–H groups in total. The number of thiazole rings is 1. The molecule has 0 amide bonds. The van der Waals surface area contributed by atoms with Crippen LogP contribution in [0.2, 0.25) is 0 Å². The van der Waals surface area contributed by atoms with Crippen LogP contribution in [0, 0.1) is 0 Å². The van der Waals surface area contributed by atoms with Crippen LogP contribution in [-0.2, 0) is 6.54 Å². The summed E-state index contributed by atoms with van der Waals surface area (Å²) in [4.78, 5) is 6.28. The minimum Gasteiger partial charge on any atom is -0.309 e. The van der Waals surface area contributed by atoms with Gasteiger partial charge in [0.2, 0.25) is 0 Å². The first-order chi connectivity index (χ1) is 9.74. The first kappa shape index (κ1) is 13.8. The predicted molar refractivity (Wildman–Crippen MR) is 86.1 cm³/mol. The summed E-state index contributed by atoms with van der Waals surface area (Å²) in [6, 6.07) is 11.2. The SMILES string of the molecule is CC(C)NCc1nc(C2CCC2)sc1-c1ccccc1. The van der Waals surface area contributed by atoms with Gasteiger partial charge in [-0.25, -0.2) is 4.98 Å². The van der Waals surface area contributed by atoms with E-state index < -0.39 is 0 Å². The minimum atomic E-state index is 0.493. The summed E-state index contributed by atoms with van der Waals surface area (Å²) in [5.41, 5.74) is 2.52. The normalized spacial score (nSPS) is 15.6. The van der Waals surface area contributed by atoms with E-state index >= 15 is 0 Å². The minimum absolute atomic E-state index is 0.493. The summed E-state index contributed by atoms with van der Waals surface area (Å²) < 4.78 is 0. The van der Waals surface area contributed by atoms with Crippen molar-refractivity contribution in [2.24, 2.45) is 0 Å². The van der Waals surface area contributed by atoms with Crippen LogP contribution in [0.25, 0.3) is 10.4 Å². The maximum absolute atomic E-state index is 4.94. The molecule has 1 fully saturated rings. The molecular weight excluding hydrogens is 264 g/mol. The number of hydrogen-bond donors (Lipinski definition) is 1. The summed E-state index contributed by atoms with van der Waals surface area (Å²) in [5, 5.41) is 4.85. The molecule has 0 bridgehead atoms. The number of hydrogen-bond acceptors (Lipinski definition) is 3. The van der Waals surface area contributed by atoms with Gasteiger partial charge in [-0.05, 0) is 18.4 Å². The van der Waals surface area contributed by atoms with Gasteiger partial charge in [0.05, 0.1) is 15.6 Å². The molecule has 106 valence electrons. The van der Waals surface area contributed by atoms with Crippen molar-refractivity contribution in [3.8, 4) is 10.4 Å². The van der Waals surface area contributed by atoms with Crippen molar-refractivity contribution in [3.05, 3.63) is 41.0 Å². The van der Waals surface area contributed by atoms with Crippen LogP contribution in [0.5, 0.6) is 0 Å². The Kier molecular flexibility index (Phi) is 4.18. The molecule has 0 unspecified atom stereocenters. The summed E-state index contributed by atoms with van der Waals surface area (Å²) >= 11 is 1.90. The third-order valence-corrected chi connectivity index (χ3v) is 5.19. The molecule has 0 atom stereocenters. The first-order valence-electron chi connectivity index (χ1n) is 7.52. The lowest BCUT2D eigenvalue weighted by molar-refractivity contribution is 0.417. The molecule has 3 heteroatoms. The monoisotopic (exact) mass is 286 g/mol. The van der Waals surface area contributed by atoms with Crippen LogP contribution in [-0.4, -0.2) is 11.0 Å².